The van der Waals surface area contributed by atoms with Gasteiger partial charge < -0.3 is 9.47 Å². The fourth-order valence-electron chi connectivity index (χ4n) is 2.40. The number of rotatable bonds is 7. The van der Waals surface area contributed by atoms with Gasteiger partial charge in [-0.05, 0) is 70.9 Å². The average molecular weight is 489 g/mol. The van der Waals surface area contributed by atoms with E-state index < -0.39 is 0 Å². The lowest BCUT2D eigenvalue weighted by molar-refractivity contribution is 0.315. The second-order valence-corrected chi connectivity index (χ2v) is 7.59. The molecule has 0 unspecified atom stereocenters. The minimum Gasteiger partial charge on any atom is -0.492 e. The van der Waals surface area contributed by atoms with Crippen molar-refractivity contribution in [3.63, 3.8) is 0 Å². The Kier molecular flexibility index (Phi) is 7.07. The lowest BCUT2D eigenvalue weighted by Gasteiger charge is -2.11. The predicted molar refractivity (Wildman–Crippen MR) is 118 cm³/mol. The molecular weight excluding hydrogens is 470 g/mol. The molecule has 0 aliphatic rings. The van der Waals surface area contributed by atoms with Gasteiger partial charge in [0.1, 0.15) is 17.2 Å². The van der Waals surface area contributed by atoms with Crippen molar-refractivity contribution in [3.05, 3.63) is 81.2 Å². The van der Waals surface area contributed by atoms with Crippen LogP contribution in [0.4, 0.5) is 5.69 Å². The van der Waals surface area contributed by atoms with E-state index in [0.717, 1.165) is 43.9 Å². The molecule has 0 saturated heterocycles. The minimum absolute atomic E-state index is 0.659. The Morgan fingerprint density at radius 3 is 2.33 bits per heavy atom. The van der Waals surface area contributed by atoms with Crippen LogP contribution in [0.15, 0.2) is 80.7 Å². The van der Waals surface area contributed by atoms with Crippen molar-refractivity contribution in [3.8, 4) is 17.2 Å². The summed E-state index contributed by atoms with van der Waals surface area (Å²) in [6, 6.07) is 21.3. The van der Waals surface area contributed by atoms with E-state index in [0.29, 0.717) is 6.61 Å². The van der Waals surface area contributed by atoms with Gasteiger partial charge in [-0.3, -0.25) is 4.99 Å². The van der Waals surface area contributed by atoms with E-state index >= 15 is 0 Å². The van der Waals surface area contributed by atoms with E-state index in [4.69, 9.17) is 9.47 Å². The Labute approximate surface area is 176 Å². The summed E-state index contributed by atoms with van der Waals surface area (Å²) in [6.07, 6.45) is 2.76. The van der Waals surface area contributed by atoms with E-state index in [1.807, 2.05) is 72.9 Å². The Bertz CT molecular complexity index is 910. The largest absolute Gasteiger partial charge is 0.492 e. The van der Waals surface area contributed by atoms with E-state index in [1.54, 1.807) is 0 Å². The highest BCUT2D eigenvalue weighted by molar-refractivity contribution is 9.11. The van der Waals surface area contributed by atoms with Crippen LogP contribution in [-0.2, 0) is 0 Å². The van der Waals surface area contributed by atoms with Crippen molar-refractivity contribution < 1.29 is 9.47 Å². The van der Waals surface area contributed by atoms with Crippen LogP contribution in [0.2, 0.25) is 0 Å². The van der Waals surface area contributed by atoms with Crippen molar-refractivity contribution in [1.29, 1.82) is 0 Å². The van der Waals surface area contributed by atoms with Gasteiger partial charge in [0.15, 0.2) is 0 Å². The molecule has 3 aromatic carbocycles. The number of aliphatic imine (C=N–C) groups is 1. The number of ether oxygens (including phenoxy) is 2. The van der Waals surface area contributed by atoms with Crippen LogP contribution in [0.3, 0.4) is 0 Å². The number of benzene rings is 3. The lowest BCUT2D eigenvalue weighted by Crippen LogP contribution is -1.99. The molecule has 0 aromatic heterocycles. The minimum atomic E-state index is 0.659. The Morgan fingerprint density at radius 2 is 1.63 bits per heavy atom. The summed E-state index contributed by atoms with van der Waals surface area (Å²) in [6.45, 7) is 2.74. The number of halogens is 2. The van der Waals surface area contributed by atoms with Crippen LogP contribution in [0.25, 0.3) is 0 Å². The molecule has 0 saturated carbocycles. The number of nitrogens with zero attached hydrogens (tertiary/aromatic N) is 1. The summed E-state index contributed by atoms with van der Waals surface area (Å²) in [5, 5.41) is 0. The van der Waals surface area contributed by atoms with Crippen LogP contribution in [0.1, 0.15) is 18.9 Å². The average Bonchev–Trinajstić information content (AvgIpc) is 2.67. The maximum Gasteiger partial charge on any atom is 0.142 e. The van der Waals surface area contributed by atoms with Crippen LogP contribution in [0, 0.1) is 0 Å². The SMILES string of the molecule is CCCOc1c(Br)cc(Br)cc1C=Nc1ccc(Oc2ccccc2)cc1. The normalized spacial score (nSPS) is 10.9. The van der Waals surface area contributed by atoms with Crippen molar-refractivity contribution in [2.75, 3.05) is 6.61 Å². The fourth-order valence-corrected chi connectivity index (χ4v) is 3.77. The molecule has 0 aliphatic carbocycles. The van der Waals surface area contributed by atoms with Gasteiger partial charge in [0.25, 0.3) is 0 Å². The molecule has 3 rings (SSSR count). The molecule has 0 N–H and O–H groups in total. The van der Waals surface area contributed by atoms with Crippen LogP contribution >= 0.6 is 31.9 Å². The second kappa shape index (κ2) is 9.72. The zero-order valence-corrected chi connectivity index (χ0v) is 18.0. The topological polar surface area (TPSA) is 30.8 Å². The Morgan fingerprint density at radius 1 is 0.926 bits per heavy atom. The maximum absolute atomic E-state index is 5.87. The molecule has 0 heterocycles. The third-order valence-electron chi connectivity index (χ3n) is 3.66. The molecule has 0 spiro atoms. The first-order valence-corrected chi connectivity index (χ1v) is 10.2. The van der Waals surface area contributed by atoms with Crippen LogP contribution in [0.5, 0.6) is 17.2 Å². The summed E-state index contributed by atoms with van der Waals surface area (Å²) < 4.78 is 13.5. The molecule has 3 nitrogen and oxygen atoms in total. The van der Waals surface area contributed by atoms with E-state index in [1.165, 1.54) is 0 Å². The van der Waals surface area contributed by atoms with Crippen LogP contribution in [-0.4, -0.2) is 12.8 Å². The number of hydrogen-bond acceptors (Lipinski definition) is 3. The van der Waals surface area contributed by atoms with Gasteiger partial charge in [-0.1, -0.05) is 41.1 Å². The molecule has 0 bridgehead atoms. The molecule has 3 aromatic rings. The van der Waals surface area contributed by atoms with Gasteiger partial charge in [0.2, 0.25) is 0 Å². The monoisotopic (exact) mass is 487 g/mol. The lowest BCUT2D eigenvalue weighted by atomic mass is 10.2. The number of para-hydroxylation sites is 1. The number of hydrogen-bond donors (Lipinski definition) is 0. The predicted octanol–water partition coefficient (Wildman–Crippen LogP) is 7.54. The summed E-state index contributed by atoms with van der Waals surface area (Å²) in [4.78, 5) is 4.57. The van der Waals surface area contributed by atoms with Crippen LogP contribution < -0.4 is 9.47 Å². The molecule has 0 amide bonds. The third-order valence-corrected chi connectivity index (χ3v) is 4.70. The molecule has 138 valence electrons. The van der Waals surface area contributed by atoms with E-state index in [-0.39, 0.29) is 0 Å². The van der Waals surface area contributed by atoms with Gasteiger partial charge in [-0.25, -0.2) is 0 Å². The molecular formula is C22H19Br2NO2. The Balaban J connectivity index is 1.76. The van der Waals surface area contributed by atoms with Gasteiger partial charge in [0.05, 0.1) is 16.8 Å². The molecule has 5 heteroatoms. The zero-order chi connectivity index (χ0) is 19.1. The summed E-state index contributed by atoms with van der Waals surface area (Å²) >= 11 is 7.08. The highest BCUT2D eigenvalue weighted by Gasteiger charge is 2.09. The van der Waals surface area contributed by atoms with Crippen molar-refractivity contribution in [2.45, 2.75) is 13.3 Å². The summed E-state index contributed by atoms with van der Waals surface area (Å²) in [5.74, 6) is 2.38. The molecule has 0 aliphatic heterocycles. The van der Waals surface area contributed by atoms with Gasteiger partial charge in [-0.2, -0.15) is 0 Å². The second-order valence-electron chi connectivity index (χ2n) is 5.82. The summed E-state index contributed by atoms with van der Waals surface area (Å²) in [7, 11) is 0. The molecule has 0 fully saturated rings. The van der Waals surface area contributed by atoms with Gasteiger partial charge >= 0.3 is 0 Å². The van der Waals surface area contributed by atoms with Gasteiger partial charge in [0, 0.05) is 16.3 Å². The van der Waals surface area contributed by atoms with Crippen molar-refractivity contribution in [1.82, 2.24) is 0 Å². The third kappa shape index (κ3) is 5.68. The van der Waals surface area contributed by atoms with Crippen molar-refractivity contribution in [2.24, 2.45) is 4.99 Å². The smallest absolute Gasteiger partial charge is 0.142 e. The zero-order valence-electron chi connectivity index (χ0n) is 14.9. The van der Waals surface area contributed by atoms with Crippen molar-refractivity contribution >= 4 is 43.8 Å². The molecule has 0 atom stereocenters. The highest BCUT2D eigenvalue weighted by Crippen LogP contribution is 2.32. The molecule has 0 radical (unpaired) electrons. The summed E-state index contributed by atoms with van der Waals surface area (Å²) in [5.41, 5.74) is 1.75. The van der Waals surface area contributed by atoms with Gasteiger partial charge in [-0.15, -0.1) is 0 Å². The standard InChI is InChI=1S/C22H19Br2NO2/c1-2-12-26-22-16(13-17(23)14-21(22)24)15-25-18-8-10-20(11-9-18)27-19-6-4-3-5-7-19/h3-11,13-15H,2,12H2,1H3. The van der Waals surface area contributed by atoms with E-state index in [2.05, 4.69) is 43.8 Å². The quantitative estimate of drug-likeness (QED) is 0.321. The van der Waals surface area contributed by atoms with E-state index in [9.17, 15) is 0 Å². The first-order valence-electron chi connectivity index (χ1n) is 8.64. The Hall–Kier alpha value is -2.11. The first-order chi connectivity index (χ1) is 13.2. The molecule has 27 heavy (non-hydrogen) atoms. The maximum atomic E-state index is 5.87. The fraction of sp³-hybridized carbons (Fsp3) is 0.136. The highest BCUT2D eigenvalue weighted by atomic mass is 79.9. The first kappa shape index (κ1) is 19.6.